The second kappa shape index (κ2) is 5.54. The largest absolute Gasteiger partial charge is 0.480 e. The van der Waals surface area contributed by atoms with Crippen molar-refractivity contribution < 1.29 is 14.7 Å². The molecule has 0 saturated carbocycles. The highest BCUT2D eigenvalue weighted by atomic mass is 16.4. The van der Waals surface area contributed by atoms with E-state index in [0.717, 1.165) is 0 Å². The number of aliphatic carboxylic acids is 1. The number of carboxylic acid groups (broad SMARTS) is 1. The molecule has 0 radical (unpaired) electrons. The Bertz CT molecular complexity index is 170. The number of hydrogen-bond donors (Lipinski definition) is 3. The lowest BCUT2D eigenvalue weighted by atomic mass is 10.1. The van der Waals surface area contributed by atoms with Crippen LogP contribution in [-0.4, -0.2) is 23.0 Å². The number of primary amides is 1. The number of rotatable bonds is 6. The first-order chi connectivity index (χ1) is 5.54. The number of carbonyl (C=O) groups is 2. The topological polar surface area (TPSA) is 106 Å². The molecule has 0 saturated heterocycles. The Morgan fingerprint density at radius 2 is 1.92 bits per heavy atom. The smallest absolute Gasteiger partial charge is 0.320 e. The summed E-state index contributed by atoms with van der Waals surface area (Å²) >= 11 is 0. The summed E-state index contributed by atoms with van der Waals surface area (Å²) < 4.78 is 0. The van der Waals surface area contributed by atoms with Crippen LogP contribution < -0.4 is 11.5 Å². The van der Waals surface area contributed by atoms with Gasteiger partial charge in [0, 0.05) is 6.42 Å². The SMILES string of the molecule is NC(=O)CCCCC(N)C(=O)O. The molecule has 0 aliphatic rings. The second-order valence-corrected chi connectivity index (χ2v) is 2.66. The zero-order chi connectivity index (χ0) is 9.56. The van der Waals surface area contributed by atoms with Gasteiger partial charge < -0.3 is 16.6 Å². The van der Waals surface area contributed by atoms with Crippen LogP contribution in [0, 0.1) is 0 Å². The molecule has 0 aromatic rings. The van der Waals surface area contributed by atoms with Crippen LogP contribution in [0.4, 0.5) is 0 Å². The molecule has 1 amide bonds. The van der Waals surface area contributed by atoms with Crippen molar-refractivity contribution in [2.45, 2.75) is 31.7 Å². The molecule has 0 rings (SSSR count). The van der Waals surface area contributed by atoms with Crippen LogP contribution in [-0.2, 0) is 9.59 Å². The van der Waals surface area contributed by atoms with E-state index in [2.05, 4.69) is 0 Å². The third-order valence-electron chi connectivity index (χ3n) is 1.51. The van der Waals surface area contributed by atoms with E-state index >= 15 is 0 Å². The molecule has 1 atom stereocenters. The first kappa shape index (κ1) is 10.9. The summed E-state index contributed by atoms with van der Waals surface area (Å²) in [7, 11) is 0. The van der Waals surface area contributed by atoms with Crippen molar-refractivity contribution in [1.82, 2.24) is 0 Å². The molecule has 0 heterocycles. The Hall–Kier alpha value is -1.10. The fourth-order valence-corrected chi connectivity index (χ4v) is 0.787. The maximum Gasteiger partial charge on any atom is 0.320 e. The quantitative estimate of drug-likeness (QED) is 0.469. The minimum atomic E-state index is -1.01. The number of unbranched alkanes of at least 4 members (excludes halogenated alkanes) is 1. The van der Waals surface area contributed by atoms with Gasteiger partial charge in [0.2, 0.25) is 5.91 Å². The third-order valence-corrected chi connectivity index (χ3v) is 1.51. The summed E-state index contributed by atoms with van der Waals surface area (Å²) in [5.74, 6) is -1.37. The summed E-state index contributed by atoms with van der Waals surface area (Å²) in [6.07, 6.45) is 1.92. The number of carboxylic acids is 1. The fraction of sp³-hybridized carbons (Fsp3) is 0.714. The van der Waals surface area contributed by atoms with Gasteiger partial charge in [0.1, 0.15) is 6.04 Å². The summed E-state index contributed by atoms with van der Waals surface area (Å²) in [5.41, 5.74) is 10.1. The lowest BCUT2D eigenvalue weighted by Crippen LogP contribution is -2.29. The van der Waals surface area contributed by atoms with Crippen LogP contribution in [0.3, 0.4) is 0 Å². The molecule has 0 aromatic heterocycles. The van der Waals surface area contributed by atoms with Crippen molar-refractivity contribution in [3.8, 4) is 0 Å². The van der Waals surface area contributed by atoms with Gasteiger partial charge >= 0.3 is 5.97 Å². The minimum Gasteiger partial charge on any atom is -0.480 e. The van der Waals surface area contributed by atoms with Gasteiger partial charge in [0.25, 0.3) is 0 Å². The molecule has 5 N–H and O–H groups in total. The highest BCUT2D eigenvalue weighted by Crippen LogP contribution is 2.01. The predicted octanol–water partition coefficient (Wildman–Crippen LogP) is -0.556. The average Bonchev–Trinajstić information content (AvgIpc) is 1.97. The minimum absolute atomic E-state index is 0.298. The summed E-state index contributed by atoms with van der Waals surface area (Å²) in [6, 6.07) is -0.821. The molecule has 0 spiro atoms. The Labute approximate surface area is 70.7 Å². The van der Waals surface area contributed by atoms with Crippen LogP contribution in [0.1, 0.15) is 25.7 Å². The van der Waals surface area contributed by atoms with E-state index in [1.54, 1.807) is 0 Å². The van der Waals surface area contributed by atoms with Gasteiger partial charge in [0.15, 0.2) is 0 Å². The predicted molar refractivity (Wildman–Crippen MR) is 43.3 cm³/mol. The van der Waals surface area contributed by atoms with Gasteiger partial charge in [-0.25, -0.2) is 0 Å². The van der Waals surface area contributed by atoms with Crippen molar-refractivity contribution >= 4 is 11.9 Å². The van der Waals surface area contributed by atoms with E-state index in [4.69, 9.17) is 16.6 Å². The third kappa shape index (κ3) is 5.67. The standard InChI is InChI=1S/C7H14N2O3/c8-5(7(11)12)3-1-2-4-6(9)10/h5H,1-4,8H2,(H2,9,10)(H,11,12). The summed E-state index contributed by atoms with van der Waals surface area (Å²) in [6.45, 7) is 0. The zero-order valence-corrected chi connectivity index (χ0v) is 6.82. The van der Waals surface area contributed by atoms with Gasteiger partial charge in [-0.2, -0.15) is 0 Å². The molecule has 70 valence electrons. The van der Waals surface area contributed by atoms with Crippen molar-refractivity contribution in [1.29, 1.82) is 0 Å². The zero-order valence-electron chi connectivity index (χ0n) is 6.82. The molecule has 0 aliphatic heterocycles. The highest BCUT2D eigenvalue weighted by molar-refractivity contribution is 5.74. The molecule has 0 bridgehead atoms. The van der Waals surface area contributed by atoms with E-state index in [0.29, 0.717) is 25.7 Å². The van der Waals surface area contributed by atoms with Crippen LogP contribution in [0.15, 0.2) is 0 Å². The first-order valence-corrected chi connectivity index (χ1v) is 3.80. The molecule has 0 aromatic carbocycles. The molecule has 0 fully saturated rings. The van der Waals surface area contributed by atoms with E-state index in [1.165, 1.54) is 0 Å². The van der Waals surface area contributed by atoms with E-state index in [1.807, 2.05) is 0 Å². The highest BCUT2D eigenvalue weighted by Gasteiger charge is 2.09. The maximum atomic E-state index is 10.3. The molecule has 1 unspecified atom stereocenters. The van der Waals surface area contributed by atoms with Crippen LogP contribution in [0.5, 0.6) is 0 Å². The van der Waals surface area contributed by atoms with Crippen molar-refractivity contribution in [2.75, 3.05) is 0 Å². The van der Waals surface area contributed by atoms with Gasteiger partial charge in [-0.05, 0) is 12.8 Å². The molecule has 12 heavy (non-hydrogen) atoms. The normalized spacial score (nSPS) is 12.4. The molecule has 0 aliphatic carbocycles. The van der Waals surface area contributed by atoms with Gasteiger partial charge in [-0.3, -0.25) is 9.59 Å². The molecule has 5 heteroatoms. The fourth-order valence-electron chi connectivity index (χ4n) is 0.787. The Balaban J connectivity index is 3.31. The van der Waals surface area contributed by atoms with Crippen LogP contribution >= 0.6 is 0 Å². The molecular formula is C7H14N2O3. The van der Waals surface area contributed by atoms with Crippen molar-refractivity contribution in [3.63, 3.8) is 0 Å². The lowest BCUT2D eigenvalue weighted by molar-refractivity contribution is -0.138. The average molecular weight is 174 g/mol. The van der Waals surface area contributed by atoms with Crippen LogP contribution in [0.25, 0.3) is 0 Å². The Kier molecular flexibility index (Phi) is 5.03. The van der Waals surface area contributed by atoms with E-state index in [9.17, 15) is 9.59 Å². The van der Waals surface area contributed by atoms with E-state index < -0.39 is 12.0 Å². The van der Waals surface area contributed by atoms with Crippen molar-refractivity contribution in [3.05, 3.63) is 0 Å². The molecular weight excluding hydrogens is 160 g/mol. The van der Waals surface area contributed by atoms with Crippen LogP contribution in [0.2, 0.25) is 0 Å². The Morgan fingerprint density at radius 1 is 1.33 bits per heavy atom. The summed E-state index contributed by atoms with van der Waals surface area (Å²) in [4.78, 5) is 20.5. The first-order valence-electron chi connectivity index (χ1n) is 3.80. The monoisotopic (exact) mass is 174 g/mol. The number of amides is 1. The van der Waals surface area contributed by atoms with E-state index in [-0.39, 0.29) is 5.91 Å². The Morgan fingerprint density at radius 3 is 2.33 bits per heavy atom. The number of carbonyl (C=O) groups excluding carboxylic acids is 1. The number of nitrogens with two attached hydrogens (primary N) is 2. The van der Waals surface area contributed by atoms with Gasteiger partial charge in [0.05, 0.1) is 0 Å². The van der Waals surface area contributed by atoms with Crippen molar-refractivity contribution in [2.24, 2.45) is 11.5 Å². The summed E-state index contributed by atoms with van der Waals surface area (Å²) in [5, 5.41) is 8.37. The maximum absolute atomic E-state index is 10.3. The second-order valence-electron chi connectivity index (χ2n) is 2.66. The lowest BCUT2D eigenvalue weighted by Gasteiger charge is -2.04. The van der Waals surface area contributed by atoms with Gasteiger partial charge in [-0.15, -0.1) is 0 Å². The molecule has 5 nitrogen and oxygen atoms in total. The van der Waals surface area contributed by atoms with Gasteiger partial charge in [-0.1, -0.05) is 6.42 Å². The number of hydrogen-bond acceptors (Lipinski definition) is 3.